The van der Waals surface area contributed by atoms with Crippen molar-refractivity contribution in [2.45, 2.75) is 0 Å². The van der Waals surface area contributed by atoms with Crippen molar-refractivity contribution in [3.8, 4) is 0 Å². The summed E-state index contributed by atoms with van der Waals surface area (Å²) < 4.78 is 0. The molecule has 0 saturated heterocycles. The van der Waals surface area contributed by atoms with E-state index in [0.29, 0.717) is 32.1 Å². The lowest BCUT2D eigenvalue weighted by Gasteiger charge is -2.13. The Morgan fingerprint density at radius 2 is 1.63 bits per heavy atom. The summed E-state index contributed by atoms with van der Waals surface area (Å²) in [6.45, 7) is 0. The van der Waals surface area contributed by atoms with Gasteiger partial charge in [0.05, 0.1) is 10.0 Å². The van der Waals surface area contributed by atoms with Crippen LogP contribution in [0.15, 0.2) is 48.8 Å². The smallest absolute Gasteiger partial charge is 0.269 e. The summed E-state index contributed by atoms with van der Waals surface area (Å²) in [5.74, 6) is 0.199. The maximum atomic E-state index is 12.1. The van der Waals surface area contributed by atoms with Gasteiger partial charge in [0.15, 0.2) is 11.6 Å². The summed E-state index contributed by atoms with van der Waals surface area (Å²) in [7, 11) is 0. The Kier molecular flexibility index (Phi) is 5.85. The monoisotopic (exact) mass is 422 g/mol. The Morgan fingerprint density at radius 3 is 2.33 bits per heavy atom. The van der Waals surface area contributed by atoms with Crippen molar-refractivity contribution in [1.29, 1.82) is 0 Å². The lowest BCUT2D eigenvalue weighted by molar-refractivity contribution is 0.0962. The highest BCUT2D eigenvalue weighted by Gasteiger charge is 2.11. The van der Waals surface area contributed by atoms with Gasteiger partial charge in [0.2, 0.25) is 0 Å². The minimum atomic E-state index is -0.372. The Balaban J connectivity index is 1.71. The fourth-order valence-electron chi connectivity index (χ4n) is 2.09. The molecule has 0 saturated carbocycles. The zero-order chi connectivity index (χ0) is 19.4. The van der Waals surface area contributed by atoms with Gasteiger partial charge in [0.25, 0.3) is 5.91 Å². The number of nitrogens with two attached hydrogens (primary N) is 1. The summed E-state index contributed by atoms with van der Waals surface area (Å²) in [5, 5.41) is 4.39. The average molecular weight is 424 g/mol. The molecular formula is C17H13Cl3N6O. The average Bonchev–Trinajstić information content (AvgIpc) is 2.66. The molecule has 5 N–H and O–H groups in total. The molecule has 3 aromatic rings. The lowest BCUT2D eigenvalue weighted by Crippen LogP contribution is -2.30. The number of hydrogen-bond acceptors (Lipinski definition) is 6. The number of nitrogens with zero attached hydrogens (tertiary/aromatic N) is 2. The zero-order valence-corrected chi connectivity index (χ0v) is 15.9. The minimum absolute atomic E-state index is 0.208. The fraction of sp³-hybridized carbons (Fsp3) is 0. The second kappa shape index (κ2) is 8.30. The highest BCUT2D eigenvalue weighted by molar-refractivity contribution is 6.42. The number of nitrogens with one attached hydrogen (secondary N) is 3. The highest BCUT2D eigenvalue weighted by Crippen LogP contribution is 2.29. The van der Waals surface area contributed by atoms with Crippen molar-refractivity contribution >= 4 is 63.7 Å². The van der Waals surface area contributed by atoms with Gasteiger partial charge in [0.1, 0.15) is 12.0 Å². The molecule has 1 aromatic heterocycles. The molecule has 0 unspecified atom stereocenters. The topological polar surface area (TPSA) is 105 Å². The van der Waals surface area contributed by atoms with Gasteiger partial charge >= 0.3 is 0 Å². The molecule has 27 heavy (non-hydrogen) atoms. The molecule has 1 heterocycles. The molecule has 0 aliphatic rings. The van der Waals surface area contributed by atoms with E-state index in [1.54, 1.807) is 42.5 Å². The van der Waals surface area contributed by atoms with E-state index in [0.717, 1.165) is 0 Å². The first-order valence-electron chi connectivity index (χ1n) is 7.58. The van der Waals surface area contributed by atoms with Gasteiger partial charge in [-0.25, -0.2) is 9.97 Å². The SMILES string of the molecule is Nc1c(NNC(=O)c2ccc(Cl)cc2)ncnc1Nc1ccc(Cl)c(Cl)c1. The minimum Gasteiger partial charge on any atom is -0.393 e. The van der Waals surface area contributed by atoms with Crippen LogP contribution in [-0.2, 0) is 0 Å². The molecule has 0 radical (unpaired) electrons. The normalized spacial score (nSPS) is 10.3. The third-order valence-corrected chi connectivity index (χ3v) is 4.46. The summed E-state index contributed by atoms with van der Waals surface area (Å²) in [6.07, 6.45) is 1.30. The number of halogens is 3. The summed E-state index contributed by atoms with van der Waals surface area (Å²) in [5.41, 5.74) is 12.5. The van der Waals surface area contributed by atoms with Crippen LogP contribution >= 0.6 is 34.8 Å². The van der Waals surface area contributed by atoms with Crippen molar-refractivity contribution in [3.05, 3.63) is 69.4 Å². The number of carbonyl (C=O) groups excluding carboxylic acids is 1. The first-order chi connectivity index (χ1) is 12.9. The van der Waals surface area contributed by atoms with Gasteiger partial charge in [-0.15, -0.1) is 0 Å². The predicted octanol–water partition coefficient (Wildman–Crippen LogP) is 4.52. The van der Waals surface area contributed by atoms with E-state index < -0.39 is 0 Å². The molecule has 0 aliphatic carbocycles. The molecule has 7 nitrogen and oxygen atoms in total. The zero-order valence-electron chi connectivity index (χ0n) is 13.6. The molecule has 2 aromatic carbocycles. The molecule has 0 atom stereocenters. The van der Waals surface area contributed by atoms with Crippen LogP contribution in [0.5, 0.6) is 0 Å². The Morgan fingerprint density at radius 1 is 0.926 bits per heavy atom. The predicted molar refractivity (Wildman–Crippen MR) is 109 cm³/mol. The lowest BCUT2D eigenvalue weighted by atomic mass is 10.2. The van der Waals surface area contributed by atoms with Crippen LogP contribution < -0.4 is 21.9 Å². The highest BCUT2D eigenvalue weighted by atomic mass is 35.5. The van der Waals surface area contributed by atoms with Gasteiger partial charge in [-0.05, 0) is 42.5 Å². The fourth-order valence-corrected chi connectivity index (χ4v) is 2.52. The molecule has 0 fully saturated rings. The Bertz CT molecular complexity index is 981. The second-order valence-electron chi connectivity index (χ2n) is 5.32. The number of benzene rings is 2. The van der Waals surface area contributed by atoms with E-state index >= 15 is 0 Å². The van der Waals surface area contributed by atoms with Crippen molar-refractivity contribution in [2.75, 3.05) is 16.5 Å². The van der Waals surface area contributed by atoms with Crippen LogP contribution in [0.25, 0.3) is 0 Å². The molecule has 138 valence electrons. The quantitative estimate of drug-likeness (QED) is 0.450. The van der Waals surface area contributed by atoms with Crippen molar-refractivity contribution < 1.29 is 4.79 Å². The first kappa shape index (κ1) is 19.0. The maximum Gasteiger partial charge on any atom is 0.269 e. The summed E-state index contributed by atoms with van der Waals surface area (Å²) in [6, 6.07) is 11.4. The molecule has 1 amide bonds. The Hall–Kier alpha value is -2.74. The number of rotatable bonds is 5. The van der Waals surface area contributed by atoms with Gasteiger partial charge < -0.3 is 11.1 Å². The third kappa shape index (κ3) is 4.71. The van der Waals surface area contributed by atoms with E-state index in [-0.39, 0.29) is 17.4 Å². The standard InChI is InChI=1S/C17H13Cl3N6O/c18-10-3-1-9(2-4-10)17(27)26-25-16-14(21)15(22-8-23-16)24-11-5-6-12(19)13(20)7-11/h1-8H,21H2,(H,26,27)(H2,22,23,24,25). The number of anilines is 4. The van der Waals surface area contributed by atoms with E-state index in [1.165, 1.54) is 6.33 Å². The molecule has 10 heteroatoms. The Labute approximate surface area is 169 Å². The van der Waals surface area contributed by atoms with E-state index in [2.05, 4.69) is 26.1 Å². The number of nitrogen functional groups attached to an aromatic ring is 1. The maximum absolute atomic E-state index is 12.1. The van der Waals surface area contributed by atoms with Crippen LogP contribution in [0.4, 0.5) is 23.0 Å². The number of hydrogen-bond donors (Lipinski definition) is 4. The van der Waals surface area contributed by atoms with Crippen LogP contribution in [-0.4, -0.2) is 15.9 Å². The van der Waals surface area contributed by atoms with Crippen molar-refractivity contribution in [3.63, 3.8) is 0 Å². The largest absolute Gasteiger partial charge is 0.393 e. The van der Waals surface area contributed by atoms with Crippen molar-refractivity contribution in [2.24, 2.45) is 0 Å². The van der Waals surface area contributed by atoms with Crippen LogP contribution in [0.3, 0.4) is 0 Å². The summed E-state index contributed by atoms with van der Waals surface area (Å²) in [4.78, 5) is 20.3. The number of aromatic nitrogens is 2. The number of amides is 1. The second-order valence-corrected chi connectivity index (χ2v) is 6.58. The number of carbonyl (C=O) groups is 1. The molecule has 3 rings (SSSR count). The van der Waals surface area contributed by atoms with E-state index in [1.807, 2.05) is 0 Å². The molecular weight excluding hydrogens is 411 g/mol. The van der Waals surface area contributed by atoms with Gasteiger partial charge in [-0.3, -0.25) is 15.6 Å². The van der Waals surface area contributed by atoms with Gasteiger partial charge in [-0.1, -0.05) is 34.8 Å². The van der Waals surface area contributed by atoms with E-state index in [9.17, 15) is 4.79 Å². The van der Waals surface area contributed by atoms with Crippen LogP contribution in [0, 0.1) is 0 Å². The van der Waals surface area contributed by atoms with Crippen LogP contribution in [0.2, 0.25) is 15.1 Å². The van der Waals surface area contributed by atoms with Gasteiger partial charge in [0, 0.05) is 16.3 Å². The summed E-state index contributed by atoms with van der Waals surface area (Å²) >= 11 is 17.7. The number of hydrazine groups is 1. The van der Waals surface area contributed by atoms with Crippen molar-refractivity contribution in [1.82, 2.24) is 15.4 Å². The van der Waals surface area contributed by atoms with Gasteiger partial charge in [-0.2, -0.15) is 0 Å². The van der Waals surface area contributed by atoms with E-state index in [4.69, 9.17) is 40.5 Å². The third-order valence-electron chi connectivity index (χ3n) is 3.47. The molecule has 0 bridgehead atoms. The first-order valence-corrected chi connectivity index (χ1v) is 8.72. The molecule has 0 spiro atoms. The van der Waals surface area contributed by atoms with Crippen LogP contribution in [0.1, 0.15) is 10.4 Å². The molecule has 0 aliphatic heterocycles.